The topological polar surface area (TPSA) is 17.8 Å². The van der Waals surface area contributed by atoms with Crippen molar-refractivity contribution in [2.45, 2.75) is 71.2 Å². The molecule has 0 aliphatic heterocycles. The Hall–Kier alpha value is -0.500. The number of aryl methyl sites for hydroxylation is 1. The lowest BCUT2D eigenvalue weighted by Gasteiger charge is -2.22. The number of nitrogens with zero attached hydrogens (tertiary/aromatic N) is 2. The number of hydrogen-bond donors (Lipinski definition) is 0. The molecule has 2 rings (SSSR count). The molecule has 1 aromatic rings. The summed E-state index contributed by atoms with van der Waals surface area (Å²) >= 11 is 6.10. The second kappa shape index (κ2) is 6.60. The minimum absolute atomic E-state index is 0.608. The Morgan fingerprint density at radius 2 is 1.89 bits per heavy atom. The molecule has 0 saturated heterocycles. The Bertz CT molecular complexity index is 378. The maximum atomic E-state index is 6.10. The predicted octanol–water partition coefficient (Wildman–Crippen LogP) is 4.33. The molecule has 1 fully saturated rings. The SMILES string of the molecule is CCc1nn(CC2CCCCC2)c(CC)c1CCl. The molecule has 1 aliphatic rings. The van der Waals surface area contributed by atoms with Gasteiger partial charge < -0.3 is 0 Å². The standard InChI is InChI=1S/C15H25ClN2/c1-3-14-13(10-16)15(4-2)18(17-14)11-12-8-6-5-7-9-12/h12H,3-11H2,1-2H3. The average Bonchev–Trinajstić information content (AvgIpc) is 2.76. The molecule has 1 aliphatic carbocycles. The molecule has 0 spiro atoms. The number of rotatable bonds is 5. The van der Waals surface area contributed by atoms with Crippen LogP contribution in [-0.2, 0) is 25.3 Å². The van der Waals surface area contributed by atoms with E-state index in [0.29, 0.717) is 5.88 Å². The van der Waals surface area contributed by atoms with E-state index in [9.17, 15) is 0 Å². The monoisotopic (exact) mass is 268 g/mol. The van der Waals surface area contributed by atoms with Crippen molar-refractivity contribution in [2.24, 2.45) is 5.92 Å². The lowest BCUT2D eigenvalue weighted by molar-refractivity contribution is 0.304. The van der Waals surface area contributed by atoms with E-state index in [1.807, 2.05) is 0 Å². The van der Waals surface area contributed by atoms with Crippen molar-refractivity contribution in [1.29, 1.82) is 0 Å². The van der Waals surface area contributed by atoms with Gasteiger partial charge in [0, 0.05) is 17.8 Å². The minimum Gasteiger partial charge on any atom is -0.269 e. The minimum atomic E-state index is 0.608. The molecule has 3 heteroatoms. The Labute approximate surface area is 116 Å². The Kier molecular flexibility index (Phi) is 5.11. The van der Waals surface area contributed by atoms with E-state index in [1.165, 1.54) is 49.1 Å². The number of alkyl halides is 1. The first-order chi connectivity index (χ1) is 8.80. The summed E-state index contributed by atoms with van der Waals surface area (Å²) in [4.78, 5) is 0. The zero-order valence-electron chi connectivity index (χ0n) is 11.7. The van der Waals surface area contributed by atoms with Crippen LogP contribution in [0.25, 0.3) is 0 Å². The molecule has 0 radical (unpaired) electrons. The third kappa shape index (κ3) is 2.90. The van der Waals surface area contributed by atoms with Crippen molar-refractivity contribution in [2.75, 3.05) is 0 Å². The molecular weight excluding hydrogens is 244 g/mol. The fraction of sp³-hybridized carbons (Fsp3) is 0.800. The molecule has 102 valence electrons. The van der Waals surface area contributed by atoms with Crippen LogP contribution in [-0.4, -0.2) is 9.78 Å². The third-order valence-electron chi connectivity index (χ3n) is 4.21. The third-order valence-corrected chi connectivity index (χ3v) is 4.48. The fourth-order valence-electron chi connectivity index (χ4n) is 3.19. The maximum absolute atomic E-state index is 6.10. The molecular formula is C15H25ClN2. The molecule has 0 atom stereocenters. The summed E-state index contributed by atoms with van der Waals surface area (Å²) in [6.07, 6.45) is 9.01. The van der Waals surface area contributed by atoms with Gasteiger partial charge in [0.1, 0.15) is 0 Å². The van der Waals surface area contributed by atoms with E-state index >= 15 is 0 Å². The zero-order chi connectivity index (χ0) is 13.0. The van der Waals surface area contributed by atoms with Gasteiger partial charge in [0.25, 0.3) is 0 Å². The predicted molar refractivity (Wildman–Crippen MR) is 77.1 cm³/mol. The first kappa shape index (κ1) is 13.9. The maximum Gasteiger partial charge on any atom is 0.0668 e. The molecule has 18 heavy (non-hydrogen) atoms. The van der Waals surface area contributed by atoms with Crippen LogP contribution in [0.4, 0.5) is 0 Å². The van der Waals surface area contributed by atoms with Gasteiger partial charge in [-0.3, -0.25) is 4.68 Å². The lowest BCUT2D eigenvalue weighted by Crippen LogP contribution is -2.17. The Morgan fingerprint density at radius 1 is 1.17 bits per heavy atom. The highest BCUT2D eigenvalue weighted by molar-refractivity contribution is 6.17. The summed E-state index contributed by atoms with van der Waals surface area (Å²) in [6.45, 7) is 5.49. The highest BCUT2D eigenvalue weighted by atomic mass is 35.5. The van der Waals surface area contributed by atoms with Crippen molar-refractivity contribution in [3.05, 3.63) is 17.0 Å². The largest absolute Gasteiger partial charge is 0.269 e. The zero-order valence-corrected chi connectivity index (χ0v) is 12.5. The van der Waals surface area contributed by atoms with Crippen molar-refractivity contribution >= 4 is 11.6 Å². The van der Waals surface area contributed by atoms with E-state index in [2.05, 4.69) is 18.5 Å². The Balaban J connectivity index is 2.17. The van der Waals surface area contributed by atoms with Crippen molar-refractivity contribution in [3.8, 4) is 0 Å². The summed E-state index contributed by atoms with van der Waals surface area (Å²) in [5.74, 6) is 1.44. The summed E-state index contributed by atoms with van der Waals surface area (Å²) in [7, 11) is 0. The van der Waals surface area contributed by atoms with Crippen LogP contribution in [0.2, 0.25) is 0 Å². The highest BCUT2D eigenvalue weighted by Gasteiger charge is 2.19. The van der Waals surface area contributed by atoms with E-state index < -0.39 is 0 Å². The molecule has 1 heterocycles. The smallest absolute Gasteiger partial charge is 0.0668 e. The van der Waals surface area contributed by atoms with E-state index in [4.69, 9.17) is 16.7 Å². The number of halogens is 1. The van der Waals surface area contributed by atoms with E-state index in [1.54, 1.807) is 0 Å². The second-order valence-electron chi connectivity index (χ2n) is 5.40. The molecule has 0 bridgehead atoms. The van der Waals surface area contributed by atoms with Gasteiger partial charge in [0.2, 0.25) is 0 Å². The van der Waals surface area contributed by atoms with Gasteiger partial charge in [-0.1, -0.05) is 33.1 Å². The van der Waals surface area contributed by atoms with Crippen molar-refractivity contribution in [1.82, 2.24) is 9.78 Å². The summed E-state index contributed by atoms with van der Waals surface area (Å²) in [6, 6.07) is 0. The summed E-state index contributed by atoms with van der Waals surface area (Å²) in [5, 5.41) is 4.80. The van der Waals surface area contributed by atoms with Gasteiger partial charge in [-0.15, -0.1) is 11.6 Å². The van der Waals surface area contributed by atoms with E-state index in [0.717, 1.165) is 25.3 Å². The fourth-order valence-corrected chi connectivity index (χ4v) is 3.50. The van der Waals surface area contributed by atoms with Crippen LogP contribution in [0.3, 0.4) is 0 Å². The number of hydrogen-bond acceptors (Lipinski definition) is 1. The van der Waals surface area contributed by atoms with Crippen LogP contribution in [0.1, 0.15) is 62.9 Å². The lowest BCUT2D eigenvalue weighted by atomic mass is 9.89. The van der Waals surface area contributed by atoms with Gasteiger partial charge in [-0.05, 0) is 31.6 Å². The summed E-state index contributed by atoms with van der Waals surface area (Å²) in [5.41, 5.74) is 3.86. The highest BCUT2D eigenvalue weighted by Crippen LogP contribution is 2.27. The van der Waals surface area contributed by atoms with E-state index in [-0.39, 0.29) is 0 Å². The molecule has 0 unspecified atom stereocenters. The molecule has 0 aromatic carbocycles. The van der Waals surface area contributed by atoms with Gasteiger partial charge in [0.05, 0.1) is 11.6 Å². The summed E-state index contributed by atoms with van der Waals surface area (Å²) < 4.78 is 2.26. The van der Waals surface area contributed by atoms with Crippen LogP contribution >= 0.6 is 11.6 Å². The number of aromatic nitrogens is 2. The van der Waals surface area contributed by atoms with Crippen LogP contribution in [0.5, 0.6) is 0 Å². The quantitative estimate of drug-likeness (QED) is 0.727. The van der Waals surface area contributed by atoms with Crippen LogP contribution < -0.4 is 0 Å². The van der Waals surface area contributed by atoms with Gasteiger partial charge in [0.15, 0.2) is 0 Å². The molecule has 1 aromatic heterocycles. The van der Waals surface area contributed by atoms with Crippen LogP contribution in [0.15, 0.2) is 0 Å². The normalized spacial score (nSPS) is 17.3. The molecule has 0 N–H and O–H groups in total. The van der Waals surface area contributed by atoms with Gasteiger partial charge >= 0.3 is 0 Å². The van der Waals surface area contributed by atoms with Crippen molar-refractivity contribution in [3.63, 3.8) is 0 Å². The Morgan fingerprint density at radius 3 is 2.44 bits per heavy atom. The molecule has 1 saturated carbocycles. The first-order valence-corrected chi connectivity index (χ1v) is 7.96. The van der Waals surface area contributed by atoms with Crippen molar-refractivity contribution < 1.29 is 0 Å². The second-order valence-corrected chi connectivity index (χ2v) is 5.67. The van der Waals surface area contributed by atoms with Crippen LogP contribution in [0, 0.1) is 5.92 Å². The molecule has 2 nitrogen and oxygen atoms in total. The average molecular weight is 269 g/mol. The van der Waals surface area contributed by atoms with Gasteiger partial charge in [-0.2, -0.15) is 5.10 Å². The molecule has 0 amide bonds. The first-order valence-electron chi connectivity index (χ1n) is 7.43. The van der Waals surface area contributed by atoms with Gasteiger partial charge in [-0.25, -0.2) is 0 Å².